The van der Waals surface area contributed by atoms with Crippen LogP contribution in [0, 0.1) is 23.7 Å². The van der Waals surface area contributed by atoms with E-state index in [4.69, 9.17) is 24.7 Å². The van der Waals surface area contributed by atoms with E-state index in [2.05, 4.69) is 39.8 Å². The zero-order chi connectivity index (χ0) is 23.0. The Balaban J connectivity index is 2.03. The first-order chi connectivity index (χ1) is 14.8. The molecule has 0 aromatic heterocycles. The minimum atomic E-state index is -0.184. The zero-order valence-electron chi connectivity index (χ0n) is 20.1. The number of hydrogen-bond acceptors (Lipinski definition) is 6. The molecular weight excluding hydrogens is 394 g/mol. The lowest BCUT2D eigenvalue weighted by atomic mass is 9.82. The van der Waals surface area contributed by atoms with Crippen LogP contribution in [0.1, 0.15) is 52.5 Å². The first-order valence-electron chi connectivity index (χ1n) is 11.5. The van der Waals surface area contributed by atoms with Crippen LogP contribution in [0.3, 0.4) is 0 Å². The third-order valence-electron chi connectivity index (χ3n) is 6.33. The van der Waals surface area contributed by atoms with E-state index in [0.29, 0.717) is 25.0 Å². The van der Waals surface area contributed by atoms with Gasteiger partial charge in [0.15, 0.2) is 11.5 Å². The minimum Gasteiger partial charge on any atom is -0.493 e. The molecule has 6 heteroatoms. The second kappa shape index (κ2) is 12.3. The van der Waals surface area contributed by atoms with Crippen molar-refractivity contribution in [2.75, 3.05) is 27.4 Å². The summed E-state index contributed by atoms with van der Waals surface area (Å²) in [6, 6.07) is 5.97. The molecule has 1 aliphatic rings. The number of benzene rings is 1. The fourth-order valence-corrected chi connectivity index (χ4v) is 4.18. The quantitative estimate of drug-likeness (QED) is 0.369. The van der Waals surface area contributed by atoms with Gasteiger partial charge in [-0.3, -0.25) is 4.79 Å². The van der Waals surface area contributed by atoms with Gasteiger partial charge >= 0.3 is 5.97 Å². The van der Waals surface area contributed by atoms with Crippen molar-refractivity contribution >= 4 is 5.97 Å². The first-order valence-corrected chi connectivity index (χ1v) is 11.5. The fourth-order valence-electron chi connectivity index (χ4n) is 4.18. The van der Waals surface area contributed by atoms with Gasteiger partial charge < -0.3 is 24.7 Å². The number of carbonyl (C=O) groups excluding carboxylic acids is 1. The lowest BCUT2D eigenvalue weighted by Gasteiger charge is -2.27. The summed E-state index contributed by atoms with van der Waals surface area (Å²) in [4.78, 5) is 12.2. The summed E-state index contributed by atoms with van der Waals surface area (Å²) < 4.78 is 22.1. The third kappa shape index (κ3) is 7.39. The van der Waals surface area contributed by atoms with E-state index in [9.17, 15) is 4.79 Å². The lowest BCUT2D eigenvalue weighted by Crippen LogP contribution is -2.37. The van der Waals surface area contributed by atoms with Crippen molar-refractivity contribution in [2.45, 2.75) is 65.5 Å². The number of esters is 1. The van der Waals surface area contributed by atoms with Crippen LogP contribution in [0.15, 0.2) is 18.2 Å². The molecule has 0 amide bonds. The van der Waals surface area contributed by atoms with Gasteiger partial charge in [0, 0.05) is 26.2 Å². The van der Waals surface area contributed by atoms with Crippen LogP contribution < -0.4 is 15.2 Å². The van der Waals surface area contributed by atoms with Gasteiger partial charge in [0.25, 0.3) is 0 Å². The minimum absolute atomic E-state index is 0.0343. The van der Waals surface area contributed by atoms with Crippen LogP contribution in [-0.2, 0) is 20.7 Å². The summed E-state index contributed by atoms with van der Waals surface area (Å²) in [5.74, 6) is 2.48. The normalized spacial score (nSPS) is 20.7. The molecule has 2 rings (SSSR count). The second-order valence-electron chi connectivity index (χ2n) is 9.35. The molecule has 2 N–H and O–H groups in total. The molecule has 0 radical (unpaired) electrons. The molecule has 0 spiro atoms. The van der Waals surface area contributed by atoms with Crippen molar-refractivity contribution in [1.82, 2.24) is 0 Å². The predicted molar refractivity (Wildman–Crippen MR) is 122 cm³/mol. The molecule has 1 aromatic rings. The van der Waals surface area contributed by atoms with Gasteiger partial charge in [-0.15, -0.1) is 0 Å². The fraction of sp³-hybridized carbons (Fsp3) is 0.720. The van der Waals surface area contributed by atoms with E-state index in [1.54, 1.807) is 14.2 Å². The van der Waals surface area contributed by atoms with E-state index in [-0.39, 0.29) is 30.0 Å². The highest BCUT2D eigenvalue weighted by atomic mass is 16.6. The van der Waals surface area contributed by atoms with Crippen LogP contribution >= 0.6 is 0 Å². The molecule has 0 saturated carbocycles. The Labute approximate surface area is 187 Å². The maximum atomic E-state index is 12.2. The molecule has 31 heavy (non-hydrogen) atoms. The van der Waals surface area contributed by atoms with E-state index in [0.717, 1.165) is 37.2 Å². The SMILES string of the molecule is COCCCOc1cc(C[C@@H](C[C@H](N)C2CC(C(C)C)C(=O)O2)C(C)C)ccc1OC. The molecule has 176 valence electrons. The summed E-state index contributed by atoms with van der Waals surface area (Å²) >= 11 is 0. The van der Waals surface area contributed by atoms with Crippen LogP contribution in [-0.4, -0.2) is 45.5 Å². The standard InChI is InChI=1S/C25H41NO5/c1-16(2)19(14-21(26)23-15-20(17(3)4)25(27)31-23)12-18-8-9-22(29-6)24(13-18)30-11-7-10-28-5/h8-9,13,16-17,19-21,23H,7,10-12,14-15,26H2,1-6H3/t19-,20?,21-,23?/m0/s1. The smallest absolute Gasteiger partial charge is 0.309 e. The topological polar surface area (TPSA) is 80.0 Å². The molecule has 2 unspecified atom stereocenters. The Morgan fingerprint density at radius 2 is 1.87 bits per heavy atom. The summed E-state index contributed by atoms with van der Waals surface area (Å²) in [6.45, 7) is 9.82. The summed E-state index contributed by atoms with van der Waals surface area (Å²) in [5, 5.41) is 0. The Bertz CT molecular complexity index is 690. The van der Waals surface area contributed by atoms with Gasteiger partial charge in [-0.1, -0.05) is 33.8 Å². The highest BCUT2D eigenvalue weighted by Crippen LogP contribution is 2.34. The molecule has 1 saturated heterocycles. The Morgan fingerprint density at radius 3 is 2.45 bits per heavy atom. The number of methoxy groups -OCH3 is 2. The average molecular weight is 436 g/mol. The second-order valence-corrected chi connectivity index (χ2v) is 9.35. The number of rotatable bonds is 13. The predicted octanol–water partition coefficient (Wildman–Crippen LogP) is 4.23. The van der Waals surface area contributed by atoms with Gasteiger partial charge in [-0.25, -0.2) is 0 Å². The summed E-state index contributed by atoms with van der Waals surface area (Å²) in [7, 11) is 3.34. The third-order valence-corrected chi connectivity index (χ3v) is 6.33. The summed E-state index contributed by atoms with van der Waals surface area (Å²) in [5.41, 5.74) is 7.72. The van der Waals surface area contributed by atoms with Gasteiger partial charge in [-0.05, 0) is 54.7 Å². The van der Waals surface area contributed by atoms with Gasteiger partial charge in [-0.2, -0.15) is 0 Å². The van der Waals surface area contributed by atoms with Gasteiger partial charge in [0.2, 0.25) is 0 Å². The zero-order valence-corrected chi connectivity index (χ0v) is 20.1. The molecule has 4 atom stereocenters. The van der Waals surface area contributed by atoms with Crippen LogP contribution in [0.5, 0.6) is 11.5 Å². The monoisotopic (exact) mass is 435 g/mol. The summed E-state index contributed by atoms with van der Waals surface area (Å²) in [6.07, 6.45) is 3.07. The van der Waals surface area contributed by atoms with Crippen molar-refractivity contribution < 1.29 is 23.7 Å². The number of cyclic esters (lactones) is 1. The van der Waals surface area contributed by atoms with Crippen molar-refractivity contribution in [1.29, 1.82) is 0 Å². The molecule has 1 heterocycles. The molecule has 1 fully saturated rings. The number of ether oxygens (including phenoxy) is 4. The first kappa shape index (κ1) is 25.5. The van der Waals surface area contributed by atoms with Crippen LogP contribution in [0.25, 0.3) is 0 Å². The van der Waals surface area contributed by atoms with E-state index in [1.165, 1.54) is 5.56 Å². The lowest BCUT2D eigenvalue weighted by molar-refractivity contribution is -0.146. The average Bonchev–Trinajstić information content (AvgIpc) is 3.13. The van der Waals surface area contributed by atoms with Gasteiger partial charge in [0.1, 0.15) is 6.10 Å². The number of carbonyl (C=O) groups is 1. The van der Waals surface area contributed by atoms with E-state index >= 15 is 0 Å². The van der Waals surface area contributed by atoms with E-state index in [1.807, 2.05) is 6.07 Å². The van der Waals surface area contributed by atoms with Crippen LogP contribution in [0.4, 0.5) is 0 Å². The van der Waals surface area contributed by atoms with Crippen molar-refractivity contribution in [2.24, 2.45) is 29.4 Å². The molecule has 0 bridgehead atoms. The maximum Gasteiger partial charge on any atom is 0.309 e. The highest BCUT2D eigenvalue weighted by molar-refractivity contribution is 5.75. The molecular formula is C25H41NO5. The number of hydrogen-bond donors (Lipinski definition) is 1. The molecule has 0 aliphatic carbocycles. The largest absolute Gasteiger partial charge is 0.493 e. The Morgan fingerprint density at radius 1 is 1.13 bits per heavy atom. The Kier molecular flexibility index (Phi) is 10.1. The number of nitrogens with two attached hydrogens (primary N) is 1. The van der Waals surface area contributed by atoms with Crippen LogP contribution in [0.2, 0.25) is 0 Å². The Hall–Kier alpha value is -1.79. The molecule has 1 aliphatic heterocycles. The van der Waals surface area contributed by atoms with Crippen molar-refractivity contribution in [3.8, 4) is 11.5 Å². The van der Waals surface area contributed by atoms with Crippen molar-refractivity contribution in [3.63, 3.8) is 0 Å². The van der Waals surface area contributed by atoms with Gasteiger partial charge in [0.05, 0.1) is 19.6 Å². The maximum absolute atomic E-state index is 12.2. The highest BCUT2D eigenvalue weighted by Gasteiger charge is 2.39. The van der Waals surface area contributed by atoms with E-state index < -0.39 is 0 Å². The van der Waals surface area contributed by atoms with Crippen molar-refractivity contribution in [3.05, 3.63) is 23.8 Å². The molecule has 6 nitrogen and oxygen atoms in total. The molecule has 1 aromatic carbocycles.